The first-order chi connectivity index (χ1) is 24.8. The number of amidine groups is 2. The molecule has 1 unspecified atom stereocenters. The van der Waals surface area contributed by atoms with Gasteiger partial charge in [-0.2, -0.15) is 0 Å². The molecule has 0 spiro atoms. The van der Waals surface area contributed by atoms with E-state index in [1.54, 1.807) is 0 Å². The van der Waals surface area contributed by atoms with Crippen LogP contribution in [0.1, 0.15) is 40.5 Å². The monoisotopic (exact) mass is 643 g/mol. The lowest BCUT2D eigenvalue weighted by molar-refractivity contribution is 0.674. The van der Waals surface area contributed by atoms with Crippen LogP contribution in [0.5, 0.6) is 0 Å². The summed E-state index contributed by atoms with van der Waals surface area (Å²) in [4.78, 5) is 10.0. The first kappa shape index (κ1) is 28.5. The number of benzene rings is 6. The maximum absolute atomic E-state index is 5.02. The maximum atomic E-state index is 5.02. The smallest absolute Gasteiger partial charge is 0.159 e. The van der Waals surface area contributed by atoms with E-state index in [4.69, 9.17) is 9.98 Å². The third kappa shape index (κ3) is 4.62. The van der Waals surface area contributed by atoms with Gasteiger partial charge in [0.1, 0.15) is 12.0 Å². The summed E-state index contributed by atoms with van der Waals surface area (Å²) in [5.41, 5.74) is 11.8. The Balaban J connectivity index is 1.07. The lowest BCUT2D eigenvalue weighted by Crippen LogP contribution is -2.33. The van der Waals surface area contributed by atoms with E-state index in [0.717, 1.165) is 46.9 Å². The van der Waals surface area contributed by atoms with Crippen LogP contribution in [0.25, 0.3) is 50.2 Å². The number of nitrogens with zero attached hydrogens (tertiary/aromatic N) is 4. The van der Waals surface area contributed by atoms with Crippen LogP contribution in [0.4, 0.5) is 0 Å². The van der Waals surface area contributed by atoms with Gasteiger partial charge in [-0.1, -0.05) is 103 Å². The lowest BCUT2D eigenvalue weighted by Gasteiger charge is -2.23. The minimum absolute atomic E-state index is 0.233. The first-order valence-electron chi connectivity index (χ1n) is 17.3. The SMILES string of the molecule is C1=Cc2c(c3ccccc3n2-c2ccc3c(c2)c2ccccc2n3-c2ccc(C3=NC(c4ccccc4)=NC(c4ccccc4)N3)cc2)CC1. The maximum Gasteiger partial charge on any atom is 0.159 e. The highest BCUT2D eigenvalue weighted by Gasteiger charge is 2.22. The zero-order valence-corrected chi connectivity index (χ0v) is 27.4. The molecule has 1 aliphatic carbocycles. The van der Waals surface area contributed by atoms with Crippen molar-refractivity contribution in [2.75, 3.05) is 0 Å². The molecule has 10 rings (SSSR count). The third-order valence-electron chi connectivity index (χ3n) is 10.1. The molecule has 238 valence electrons. The standard InChI is InChI=1S/C45H33N5/c1-3-13-30(14-4-1)43-46-44(31-15-5-2-6-16-31)48-45(47-43)32-23-25-33(26-24-32)49-41-22-12-9-19-37(41)38-29-34(27-28-42(38)49)50-39-20-10-7-17-35(39)36-18-8-11-21-40(36)50/h1-7,9-17,19-29,43H,8,18H2,(H,46,47,48). The molecule has 50 heavy (non-hydrogen) atoms. The molecule has 2 aromatic heterocycles. The second-order valence-corrected chi connectivity index (χ2v) is 13.0. The van der Waals surface area contributed by atoms with Gasteiger partial charge in [-0.15, -0.1) is 0 Å². The Morgan fingerprint density at radius 1 is 0.560 bits per heavy atom. The normalized spacial score (nSPS) is 15.6. The molecule has 0 bridgehead atoms. The molecule has 1 atom stereocenters. The van der Waals surface area contributed by atoms with Gasteiger partial charge in [-0.25, -0.2) is 9.98 Å². The van der Waals surface area contributed by atoms with Gasteiger partial charge >= 0.3 is 0 Å². The lowest BCUT2D eigenvalue weighted by atomic mass is 10.0. The molecule has 5 nitrogen and oxygen atoms in total. The molecular formula is C45H33N5. The number of hydrogen-bond donors (Lipinski definition) is 1. The first-order valence-corrected chi connectivity index (χ1v) is 17.3. The van der Waals surface area contributed by atoms with E-state index in [-0.39, 0.29) is 6.17 Å². The van der Waals surface area contributed by atoms with Gasteiger partial charge in [0.2, 0.25) is 0 Å². The summed E-state index contributed by atoms with van der Waals surface area (Å²) < 4.78 is 4.81. The van der Waals surface area contributed by atoms with Gasteiger partial charge in [0.25, 0.3) is 0 Å². The molecule has 6 aromatic carbocycles. The fraction of sp³-hybridized carbons (Fsp3) is 0.0667. The number of allylic oxidation sites excluding steroid dienone is 1. The Hall–Kier alpha value is -6.46. The van der Waals surface area contributed by atoms with Gasteiger partial charge in [0.15, 0.2) is 5.84 Å². The number of fused-ring (bicyclic) bond motifs is 6. The van der Waals surface area contributed by atoms with Crippen LogP contribution in [0, 0.1) is 0 Å². The van der Waals surface area contributed by atoms with Crippen molar-refractivity contribution in [1.82, 2.24) is 14.5 Å². The molecule has 0 saturated carbocycles. The quantitative estimate of drug-likeness (QED) is 0.199. The minimum atomic E-state index is -0.233. The van der Waals surface area contributed by atoms with E-state index in [2.05, 4.69) is 154 Å². The molecule has 8 aromatic rings. The molecule has 0 saturated heterocycles. The summed E-state index contributed by atoms with van der Waals surface area (Å²) in [5.74, 6) is 1.53. The summed E-state index contributed by atoms with van der Waals surface area (Å²) in [7, 11) is 0. The average molecular weight is 644 g/mol. The fourth-order valence-corrected chi connectivity index (χ4v) is 7.73. The Bertz CT molecular complexity index is 2660. The van der Waals surface area contributed by atoms with E-state index >= 15 is 0 Å². The molecule has 5 heteroatoms. The Morgan fingerprint density at radius 2 is 1.22 bits per heavy atom. The number of rotatable bonds is 5. The molecule has 1 N–H and O–H groups in total. The highest BCUT2D eigenvalue weighted by atomic mass is 15.2. The van der Waals surface area contributed by atoms with Crippen LogP contribution >= 0.6 is 0 Å². The van der Waals surface area contributed by atoms with Gasteiger partial charge in [-0.3, -0.25) is 0 Å². The Morgan fingerprint density at radius 3 is 2.02 bits per heavy atom. The average Bonchev–Trinajstić information content (AvgIpc) is 3.71. The second-order valence-electron chi connectivity index (χ2n) is 13.0. The van der Waals surface area contributed by atoms with Crippen LogP contribution in [-0.2, 0) is 6.42 Å². The van der Waals surface area contributed by atoms with Crippen molar-refractivity contribution in [3.05, 3.63) is 186 Å². The van der Waals surface area contributed by atoms with Crippen LogP contribution in [0.3, 0.4) is 0 Å². The topological polar surface area (TPSA) is 46.6 Å². The van der Waals surface area contributed by atoms with Gasteiger partial charge < -0.3 is 14.5 Å². The summed E-state index contributed by atoms with van der Waals surface area (Å²) in [6, 6.07) is 53.7. The van der Waals surface area contributed by atoms with Crippen molar-refractivity contribution >= 4 is 50.5 Å². The Labute approximate surface area is 290 Å². The van der Waals surface area contributed by atoms with E-state index in [9.17, 15) is 0 Å². The molecule has 0 fully saturated rings. The summed E-state index contributed by atoms with van der Waals surface area (Å²) >= 11 is 0. The molecule has 1 aliphatic heterocycles. The number of aliphatic imine (C=N–C) groups is 2. The number of aryl methyl sites for hydroxylation is 1. The number of para-hydroxylation sites is 2. The van der Waals surface area contributed by atoms with Crippen LogP contribution in [-0.4, -0.2) is 20.8 Å². The largest absolute Gasteiger partial charge is 0.344 e. The molecule has 0 radical (unpaired) electrons. The zero-order chi connectivity index (χ0) is 33.0. The van der Waals surface area contributed by atoms with E-state index in [1.165, 1.54) is 49.7 Å². The van der Waals surface area contributed by atoms with E-state index < -0.39 is 0 Å². The van der Waals surface area contributed by atoms with Gasteiger partial charge in [-0.05, 0) is 84.6 Å². The van der Waals surface area contributed by atoms with Crippen molar-refractivity contribution in [3.63, 3.8) is 0 Å². The summed E-state index contributed by atoms with van der Waals surface area (Å²) in [6.45, 7) is 0. The minimum Gasteiger partial charge on any atom is -0.344 e. The highest BCUT2D eigenvalue weighted by Crippen LogP contribution is 2.37. The van der Waals surface area contributed by atoms with Crippen LogP contribution in [0.15, 0.2) is 168 Å². The van der Waals surface area contributed by atoms with Gasteiger partial charge in [0.05, 0.1) is 16.6 Å². The number of nitrogens with one attached hydrogen (secondary N) is 1. The van der Waals surface area contributed by atoms with Crippen molar-refractivity contribution < 1.29 is 0 Å². The van der Waals surface area contributed by atoms with E-state index in [1.807, 2.05) is 24.3 Å². The molecule has 2 aliphatic rings. The highest BCUT2D eigenvalue weighted by molar-refractivity contribution is 6.13. The van der Waals surface area contributed by atoms with Crippen molar-refractivity contribution in [1.29, 1.82) is 0 Å². The zero-order valence-electron chi connectivity index (χ0n) is 27.4. The van der Waals surface area contributed by atoms with Crippen LogP contribution < -0.4 is 5.32 Å². The fourth-order valence-electron chi connectivity index (χ4n) is 7.73. The van der Waals surface area contributed by atoms with Crippen molar-refractivity contribution in [3.8, 4) is 11.4 Å². The summed E-state index contributed by atoms with van der Waals surface area (Å²) in [5, 5.41) is 7.43. The predicted molar refractivity (Wildman–Crippen MR) is 207 cm³/mol. The van der Waals surface area contributed by atoms with E-state index in [0.29, 0.717) is 0 Å². The van der Waals surface area contributed by atoms with Crippen molar-refractivity contribution in [2.24, 2.45) is 9.98 Å². The molecule has 3 heterocycles. The van der Waals surface area contributed by atoms with Gasteiger partial charge in [0, 0.05) is 44.4 Å². The second kappa shape index (κ2) is 11.6. The summed E-state index contributed by atoms with van der Waals surface area (Å²) in [6.07, 6.45) is 6.54. The molecule has 0 amide bonds. The Kier molecular flexibility index (Phi) is 6.62. The van der Waals surface area contributed by atoms with Crippen LogP contribution in [0.2, 0.25) is 0 Å². The third-order valence-corrected chi connectivity index (χ3v) is 10.1. The van der Waals surface area contributed by atoms with Crippen molar-refractivity contribution in [2.45, 2.75) is 19.0 Å². The molecular weight excluding hydrogens is 611 g/mol. The number of hydrogen-bond acceptors (Lipinski definition) is 3. The number of aromatic nitrogens is 2. The predicted octanol–water partition coefficient (Wildman–Crippen LogP) is 10.2.